The van der Waals surface area contributed by atoms with Crippen LogP contribution in [0.1, 0.15) is 125 Å². The van der Waals surface area contributed by atoms with Crippen LogP contribution in [0.5, 0.6) is 5.75 Å². The molecule has 3 fully saturated rings. The van der Waals surface area contributed by atoms with E-state index in [4.69, 9.17) is 14.2 Å². The highest BCUT2D eigenvalue weighted by molar-refractivity contribution is 6.00. The van der Waals surface area contributed by atoms with E-state index >= 15 is 33.2 Å². The summed E-state index contributed by atoms with van der Waals surface area (Å²) in [5, 5.41) is 74.2. The lowest BCUT2D eigenvalue weighted by Gasteiger charge is -2.40. The van der Waals surface area contributed by atoms with Gasteiger partial charge in [0.05, 0.1) is 31.8 Å². The molecule has 7 aliphatic heterocycles. The number of aliphatic hydroxyl groups excluding tert-OH is 5. The molecule has 0 aliphatic carbocycles. The highest BCUT2D eigenvalue weighted by Gasteiger charge is 2.50. The van der Waals surface area contributed by atoms with Gasteiger partial charge in [0.25, 0.3) is 0 Å². The SMILES string of the molecule is COc1ccc(C[C@@H]2NC(=O)[C@H]([C@@H](C)O)CC(=O)[C@@H]3[C@@H]4CCN3C(=O)[C@@H]3Cc5cn(c6ccc(F)cc56)CCCCN(Cc5ccc(cc5)CCNC(=O)[C@]5(C)CCCN5C2=O)C(=O)CCC(=O)N[C@@H](C)C(=O)N[C@H](CNC(=O)CCC(=O)NC2OC(CO)C(O)C(O)C2O)C(=O)N[C@@H](Cc2cccc(c2)CCC(=O)CO4)C(=O)N3)cc1. The maximum Gasteiger partial charge on any atom is 0.246 e. The Labute approximate surface area is 675 Å². The molecule has 0 saturated carbocycles. The van der Waals surface area contributed by atoms with E-state index in [9.17, 15) is 59.1 Å². The summed E-state index contributed by atoms with van der Waals surface area (Å²) >= 11 is 0. The third-order valence-corrected chi connectivity index (χ3v) is 22.9. The van der Waals surface area contributed by atoms with Gasteiger partial charge in [-0.3, -0.25) is 62.3 Å². The third-order valence-electron chi connectivity index (χ3n) is 22.9. The van der Waals surface area contributed by atoms with Crippen molar-refractivity contribution in [3.8, 4) is 5.75 Å². The Morgan fingerprint density at radius 2 is 1.41 bits per heavy atom. The van der Waals surface area contributed by atoms with Gasteiger partial charge in [-0.1, -0.05) is 60.7 Å². The van der Waals surface area contributed by atoms with Crippen molar-refractivity contribution in [2.45, 2.75) is 221 Å². The second-order valence-electron chi connectivity index (χ2n) is 31.3. The van der Waals surface area contributed by atoms with Gasteiger partial charge in [0.15, 0.2) is 17.8 Å². The van der Waals surface area contributed by atoms with E-state index in [-0.39, 0.29) is 84.2 Å². The number of aromatic nitrogens is 1. The van der Waals surface area contributed by atoms with Gasteiger partial charge in [0, 0.05) is 121 Å². The van der Waals surface area contributed by atoms with E-state index in [1.165, 1.54) is 38.0 Å². The van der Waals surface area contributed by atoms with E-state index < -0.39 is 225 Å². The van der Waals surface area contributed by atoms with Crippen molar-refractivity contribution in [3.05, 3.63) is 136 Å². The fourth-order valence-corrected chi connectivity index (χ4v) is 16.0. The number of ketones is 2. The quantitative estimate of drug-likeness (QED) is 0.0769. The van der Waals surface area contributed by atoms with Gasteiger partial charge >= 0.3 is 0 Å². The molecule has 13 N–H and O–H groups in total. The lowest BCUT2D eigenvalue weighted by atomic mass is 9.90. The van der Waals surface area contributed by atoms with Gasteiger partial charge in [-0.2, -0.15) is 0 Å². The number of hydrogen-bond acceptors (Lipinski definition) is 21. The Kier molecular flexibility index (Phi) is 29.5. The predicted molar refractivity (Wildman–Crippen MR) is 416 cm³/mol. The minimum atomic E-state index is -1.86. The normalized spacial score (nSPS) is 28.0. The molecule has 3 saturated heterocycles. The standard InChI is InChI=1S/C83H105FN12O21/c1-46-75(108)91-62(41-86-67(101)23-24-69(103)92-79-74(107)73(106)72(105)66(44-97)117-79)78(111)88-59-37-52-10-7-9-49(35-52)15-19-55(99)45-116-65-28-34-95-71(65)64(100)40-57(47(2)98)76(109)89-60(36-50-16-20-56(115-4)21-17-50)81(113)96-33-8-29-83(96,3)82(114)85-30-27-48-11-13-51(14-12-48)42-94(70(104)26-25-68(102)87-46)32-6-5-31-93-43-53(38-61(80(95)112)90-77(59)110)58-39-54(84)18-22-63(58)93/h7,9-14,16-18,20-22,35,39,43,46-47,57,59-62,65-66,71-74,79,97-98,105-107H,5-6,8,15,19,23-34,36-38,40-42,44-45H2,1-4H3,(H,85,114)(H,86,101)(H,87,102)(H,88,111)(H,89,109)(H,90,110)(H,91,108)(H,92,103)/t46-,47+,57-,59-,60-,61-,62+,65-,66?,71+,72?,73?,74?,79?,83-/m0/s1. The first-order chi connectivity index (χ1) is 56.0. The molecule has 1 aromatic heterocycles. The molecule has 12 bridgehead atoms. The second-order valence-corrected chi connectivity index (χ2v) is 31.3. The van der Waals surface area contributed by atoms with Gasteiger partial charge in [-0.05, 0) is 129 Å². The first-order valence-electron chi connectivity index (χ1n) is 39.9. The van der Waals surface area contributed by atoms with Crippen LogP contribution in [0.2, 0.25) is 0 Å². The number of hydrogen-bond donors (Lipinski definition) is 13. The first-order valence-corrected chi connectivity index (χ1v) is 39.9. The molecule has 7 aliphatic rings. The van der Waals surface area contributed by atoms with E-state index in [0.29, 0.717) is 70.2 Å². The molecular weight excluding hydrogens is 1520 g/mol. The fraction of sp³-hybridized carbons (Fsp3) is 0.530. The number of Topliss-reactive ketones (excluding diaryl/α,β-unsaturated/α-hetero) is 2. The van der Waals surface area contributed by atoms with Crippen molar-refractivity contribution in [2.24, 2.45) is 5.92 Å². The average Bonchev–Trinajstić information content (AvgIpc) is 1.67. The number of carbonyl (C=O) groups excluding carboxylic acids is 13. The van der Waals surface area contributed by atoms with Crippen LogP contribution in [-0.2, 0) is 117 Å². The Morgan fingerprint density at radius 1 is 0.692 bits per heavy atom. The number of methoxy groups -OCH3 is 1. The number of aliphatic hydroxyl groups is 5. The smallest absolute Gasteiger partial charge is 0.246 e. The number of rotatable bonds is 11. The topological polar surface area (TPSA) is 462 Å². The molecule has 11 amide bonds. The third kappa shape index (κ3) is 22.0. The molecule has 12 rings (SSSR count). The number of fused-ring (bicyclic) bond motifs is 16. The minimum absolute atomic E-state index is 0.0755. The summed E-state index contributed by atoms with van der Waals surface area (Å²) in [7, 11) is 1.48. The molecule has 33 nitrogen and oxygen atoms in total. The van der Waals surface area contributed by atoms with Crippen LogP contribution < -0.4 is 47.3 Å². The number of nitrogens with zero attached hydrogens (tertiary/aromatic N) is 4. The van der Waals surface area contributed by atoms with Gasteiger partial charge in [0.1, 0.15) is 84.4 Å². The number of ether oxygens (including phenoxy) is 3. The Balaban J connectivity index is 0.994. The minimum Gasteiger partial charge on any atom is -0.497 e. The number of benzene rings is 4. The largest absolute Gasteiger partial charge is 0.497 e. The van der Waals surface area contributed by atoms with E-state index in [1.54, 1.807) is 72.6 Å². The number of halogens is 1. The number of carbonyl (C=O) groups is 13. The van der Waals surface area contributed by atoms with Gasteiger partial charge < -0.3 is 102 Å². The summed E-state index contributed by atoms with van der Waals surface area (Å²) in [6.07, 6.45) is -11.6. The number of nitrogens with one attached hydrogen (secondary N) is 8. The summed E-state index contributed by atoms with van der Waals surface area (Å²) in [4.78, 5) is 196. The monoisotopic (exact) mass is 1620 g/mol. The molecule has 0 radical (unpaired) electrons. The van der Waals surface area contributed by atoms with Crippen LogP contribution in [-0.4, -0.2) is 259 Å². The van der Waals surface area contributed by atoms with Crippen molar-refractivity contribution in [3.63, 3.8) is 0 Å². The Bertz CT molecular complexity index is 4490. The van der Waals surface area contributed by atoms with Crippen molar-refractivity contribution in [1.29, 1.82) is 0 Å². The molecule has 0 spiro atoms. The zero-order valence-corrected chi connectivity index (χ0v) is 65.9. The fourth-order valence-electron chi connectivity index (χ4n) is 16.0. The van der Waals surface area contributed by atoms with Crippen molar-refractivity contribution >= 4 is 87.4 Å². The van der Waals surface area contributed by atoms with E-state index in [1.807, 2.05) is 28.8 Å². The van der Waals surface area contributed by atoms with Crippen LogP contribution in [0, 0.1) is 11.7 Å². The predicted octanol–water partition coefficient (Wildman–Crippen LogP) is -0.813. The highest BCUT2D eigenvalue weighted by Crippen LogP contribution is 2.34. The Hall–Kier alpha value is -10.6. The van der Waals surface area contributed by atoms with E-state index in [2.05, 4.69) is 42.5 Å². The van der Waals surface area contributed by atoms with E-state index in [0.717, 1.165) is 10.5 Å². The molecular formula is C83H105FN12O21. The molecule has 34 heteroatoms. The van der Waals surface area contributed by atoms with Gasteiger partial charge in [-0.25, -0.2) is 4.39 Å². The number of amides is 11. The maximum absolute atomic E-state index is 16.3. The van der Waals surface area contributed by atoms with Crippen molar-refractivity contribution in [2.75, 3.05) is 53.0 Å². The maximum atomic E-state index is 16.3. The zero-order chi connectivity index (χ0) is 83.9. The zero-order valence-electron chi connectivity index (χ0n) is 65.9. The molecule has 4 aromatic carbocycles. The second kappa shape index (κ2) is 39.6. The summed E-state index contributed by atoms with van der Waals surface area (Å²) in [6, 6.07) is 15.0. The van der Waals surface area contributed by atoms with Crippen LogP contribution in [0.3, 0.4) is 0 Å². The Morgan fingerprint density at radius 3 is 2.15 bits per heavy atom. The molecule has 15 atom stereocenters. The molecule has 630 valence electrons. The van der Waals surface area contributed by atoms with Crippen LogP contribution in [0.15, 0.2) is 97.2 Å². The van der Waals surface area contributed by atoms with Crippen LogP contribution >= 0.6 is 0 Å². The summed E-state index contributed by atoms with van der Waals surface area (Å²) < 4.78 is 34.9. The highest BCUT2D eigenvalue weighted by atomic mass is 19.1. The number of aryl methyl sites for hydroxylation is 2. The first kappa shape index (κ1) is 87.2. The molecule has 8 heterocycles. The average molecular weight is 1630 g/mol. The lowest BCUT2D eigenvalue weighted by molar-refractivity contribution is -0.236. The molecule has 117 heavy (non-hydrogen) atoms. The van der Waals surface area contributed by atoms with Gasteiger partial charge in [0.2, 0.25) is 65.0 Å². The van der Waals surface area contributed by atoms with Crippen LogP contribution in [0.25, 0.3) is 10.9 Å². The van der Waals surface area contributed by atoms with Crippen LogP contribution in [0.4, 0.5) is 4.39 Å². The lowest BCUT2D eigenvalue weighted by Crippen LogP contribution is -2.63. The van der Waals surface area contributed by atoms with Gasteiger partial charge in [-0.15, -0.1) is 0 Å². The molecule has 5 unspecified atom stereocenters. The van der Waals surface area contributed by atoms with Crippen molar-refractivity contribution < 1.29 is 106 Å². The molecule has 5 aromatic rings. The van der Waals surface area contributed by atoms with Crippen molar-refractivity contribution in [1.82, 2.24) is 61.8 Å². The summed E-state index contributed by atoms with van der Waals surface area (Å²) in [6.45, 7) is 2.60. The summed E-state index contributed by atoms with van der Waals surface area (Å²) in [5.74, 6) is -12.2. The summed E-state index contributed by atoms with van der Waals surface area (Å²) in [5.41, 5.74) is 2.47.